The maximum atomic E-state index is 13.3. The fourth-order valence-corrected chi connectivity index (χ4v) is 4.61. The number of hydrogen-bond acceptors (Lipinski definition) is 3. The highest BCUT2D eigenvalue weighted by atomic mass is 16.5. The van der Waals surface area contributed by atoms with Crippen molar-refractivity contribution >= 4 is 22.8 Å². The molecule has 0 bridgehead atoms. The lowest BCUT2D eigenvalue weighted by atomic mass is 10.1. The Morgan fingerprint density at radius 2 is 1.66 bits per heavy atom. The molecule has 32 heavy (non-hydrogen) atoms. The molecule has 0 atom stereocenters. The zero-order valence-corrected chi connectivity index (χ0v) is 17.7. The van der Waals surface area contributed by atoms with Gasteiger partial charge in [0.1, 0.15) is 11.9 Å². The van der Waals surface area contributed by atoms with Crippen molar-refractivity contribution in [2.24, 2.45) is 0 Å². The Morgan fingerprint density at radius 1 is 0.969 bits per heavy atom. The SMILES string of the molecule is Cc1cc2c(CC(=O)O)cccc2n1C(=O)c1ccc(OC2Cc3ccccc3C2)cc1. The van der Waals surface area contributed by atoms with Crippen LogP contribution in [0.4, 0.5) is 0 Å². The number of nitrogens with zero attached hydrogens (tertiary/aromatic N) is 1. The molecule has 0 unspecified atom stereocenters. The van der Waals surface area contributed by atoms with Crippen LogP contribution in [-0.4, -0.2) is 27.7 Å². The number of aryl methyl sites for hydroxylation is 1. The van der Waals surface area contributed by atoms with Gasteiger partial charge in [0.15, 0.2) is 0 Å². The van der Waals surface area contributed by atoms with Crippen LogP contribution in [0.5, 0.6) is 5.75 Å². The van der Waals surface area contributed by atoms with Crippen molar-refractivity contribution in [3.8, 4) is 5.75 Å². The fourth-order valence-electron chi connectivity index (χ4n) is 4.61. The predicted octanol–water partition coefficient (Wildman–Crippen LogP) is 4.81. The zero-order valence-electron chi connectivity index (χ0n) is 17.7. The first-order valence-electron chi connectivity index (χ1n) is 10.7. The number of carbonyl (C=O) groups excluding carboxylic acids is 1. The zero-order chi connectivity index (χ0) is 22.2. The molecule has 1 aromatic heterocycles. The predicted molar refractivity (Wildman–Crippen MR) is 122 cm³/mol. The van der Waals surface area contributed by atoms with Gasteiger partial charge in [-0.1, -0.05) is 36.4 Å². The lowest BCUT2D eigenvalue weighted by Gasteiger charge is -2.14. The van der Waals surface area contributed by atoms with Gasteiger partial charge in [-0.2, -0.15) is 0 Å². The summed E-state index contributed by atoms with van der Waals surface area (Å²) in [7, 11) is 0. The molecule has 0 saturated heterocycles. The molecule has 0 saturated carbocycles. The summed E-state index contributed by atoms with van der Waals surface area (Å²) in [6.07, 6.45) is 1.82. The van der Waals surface area contributed by atoms with Gasteiger partial charge in [0, 0.05) is 29.5 Å². The highest BCUT2D eigenvalue weighted by Crippen LogP contribution is 2.27. The molecule has 0 fully saturated rings. The number of benzene rings is 3. The molecule has 1 aliphatic carbocycles. The van der Waals surface area contributed by atoms with Crippen molar-refractivity contribution in [3.63, 3.8) is 0 Å². The smallest absolute Gasteiger partial charge is 0.307 e. The number of carboxylic acids is 1. The Labute approximate surface area is 185 Å². The van der Waals surface area contributed by atoms with Gasteiger partial charge in [-0.3, -0.25) is 14.2 Å². The number of ether oxygens (including phenoxy) is 1. The Hall–Kier alpha value is -3.86. The van der Waals surface area contributed by atoms with Gasteiger partial charge in [-0.15, -0.1) is 0 Å². The molecular formula is C27H23NO4. The number of aliphatic carboxylic acids is 1. The van der Waals surface area contributed by atoms with Crippen LogP contribution >= 0.6 is 0 Å². The normalized spacial score (nSPS) is 13.3. The summed E-state index contributed by atoms with van der Waals surface area (Å²) in [5.74, 6) is -0.294. The minimum Gasteiger partial charge on any atom is -0.490 e. The Balaban J connectivity index is 1.37. The first-order chi connectivity index (χ1) is 15.5. The fraction of sp³-hybridized carbons (Fsp3) is 0.185. The lowest BCUT2D eigenvalue weighted by molar-refractivity contribution is -0.136. The summed E-state index contributed by atoms with van der Waals surface area (Å²) >= 11 is 0. The van der Waals surface area contributed by atoms with E-state index in [9.17, 15) is 14.7 Å². The summed E-state index contributed by atoms with van der Waals surface area (Å²) in [4.78, 5) is 24.5. The van der Waals surface area contributed by atoms with Crippen LogP contribution in [0.3, 0.4) is 0 Å². The van der Waals surface area contributed by atoms with Crippen LogP contribution in [0.1, 0.15) is 32.7 Å². The average Bonchev–Trinajstić information content (AvgIpc) is 3.33. The topological polar surface area (TPSA) is 68.5 Å². The summed E-state index contributed by atoms with van der Waals surface area (Å²) in [5.41, 5.74) is 5.41. The molecule has 1 aliphatic rings. The Kier molecular flexibility index (Phi) is 5.02. The van der Waals surface area contributed by atoms with Crippen molar-refractivity contribution in [2.45, 2.75) is 32.3 Å². The number of rotatable bonds is 5. The molecule has 0 amide bonds. The van der Waals surface area contributed by atoms with Crippen molar-refractivity contribution in [3.05, 3.63) is 101 Å². The van der Waals surface area contributed by atoms with E-state index in [4.69, 9.17) is 4.74 Å². The Bertz CT molecular complexity index is 1310. The van der Waals surface area contributed by atoms with Gasteiger partial charge in [-0.25, -0.2) is 0 Å². The summed E-state index contributed by atoms with van der Waals surface area (Å²) in [6.45, 7) is 1.86. The molecule has 1 N–H and O–H groups in total. The van der Waals surface area contributed by atoms with Crippen LogP contribution in [0.25, 0.3) is 10.9 Å². The van der Waals surface area contributed by atoms with Gasteiger partial charge < -0.3 is 9.84 Å². The second-order valence-electron chi connectivity index (χ2n) is 8.29. The molecule has 3 aromatic carbocycles. The maximum absolute atomic E-state index is 13.3. The molecular weight excluding hydrogens is 402 g/mol. The van der Waals surface area contributed by atoms with E-state index in [1.165, 1.54) is 11.1 Å². The van der Waals surface area contributed by atoms with Crippen LogP contribution in [0.15, 0.2) is 72.8 Å². The molecule has 0 radical (unpaired) electrons. The standard InChI is InChI=1S/C27H23NO4/c1-17-13-24-21(16-26(29)30)7-4-8-25(24)28(17)27(31)18-9-11-22(12-10-18)32-23-14-19-5-2-3-6-20(19)15-23/h2-13,23H,14-16H2,1H3,(H,29,30). The van der Waals surface area contributed by atoms with E-state index < -0.39 is 5.97 Å². The van der Waals surface area contributed by atoms with Crippen molar-refractivity contribution in [2.75, 3.05) is 0 Å². The third kappa shape index (κ3) is 3.66. The molecule has 5 nitrogen and oxygen atoms in total. The third-order valence-corrected chi connectivity index (χ3v) is 6.08. The van der Waals surface area contributed by atoms with Crippen molar-refractivity contribution in [1.29, 1.82) is 0 Å². The van der Waals surface area contributed by atoms with Gasteiger partial charge in [-0.05, 0) is 60.0 Å². The average molecular weight is 425 g/mol. The Morgan fingerprint density at radius 3 is 2.31 bits per heavy atom. The number of hydrogen-bond donors (Lipinski definition) is 1. The lowest BCUT2D eigenvalue weighted by Crippen LogP contribution is -2.17. The van der Waals surface area contributed by atoms with Crippen LogP contribution in [-0.2, 0) is 24.1 Å². The third-order valence-electron chi connectivity index (χ3n) is 6.08. The summed E-state index contributed by atoms with van der Waals surface area (Å²) in [5, 5.41) is 9.98. The highest BCUT2D eigenvalue weighted by molar-refractivity contribution is 6.04. The van der Waals surface area contributed by atoms with E-state index in [2.05, 4.69) is 24.3 Å². The quantitative estimate of drug-likeness (QED) is 0.498. The van der Waals surface area contributed by atoms with Gasteiger partial charge in [0.05, 0.1) is 11.9 Å². The monoisotopic (exact) mass is 425 g/mol. The number of fused-ring (bicyclic) bond motifs is 2. The summed E-state index contributed by atoms with van der Waals surface area (Å²) < 4.78 is 7.80. The molecule has 5 heteroatoms. The molecule has 1 heterocycles. The first-order valence-corrected chi connectivity index (χ1v) is 10.7. The molecule has 0 aliphatic heterocycles. The van der Waals surface area contributed by atoms with Gasteiger partial charge in [0.2, 0.25) is 0 Å². The molecule has 0 spiro atoms. The molecule has 5 rings (SSSR count). The summed E-state index contributed by atoms with van der Waals surface area (Å²) in [6, 6.07) is 23.0. The minimum absolute atomic E-state index is 0.0773. The maximum Gasteiger partial charge on any atom is 0.307 e. The highest BCUT2D eigenvalue weighted by Gasteiger charge is 2.23. The number of carbonyl (C=O) groups is 2. The van der Waals surface area contributed by atoms with E-state index in [1.54, 1.807) is 28.8 Å². The van der Waals surface area contributed by atoms with Gasteiger partial charge in [0.25, 0.3) is 5.91 Å². The first kappa shape index (κ1) is 20.1. The van der Waals surface area contributed by atoms with Crippen molar-refractivity contribution in [1.82, 2.24) is 4.57 Å². The minimum atomic E-state index is -0.893. The van der Waals surface area contributed by atoms with E-state index >= 15 is 0 Å². The van der Waals surface area contributed by atoms with Crippen LogP contribution < -0.4 is 4.74 Å². The van der Waals surface area contributed by atoms with Gasteiger partial charge >= 0.3 is 5.97 Å². The van der Waals surface area contributed by atoms with E-state index in [0.717, 1.165) is 35.2 Å². The van der Waals surface area contributed by atoms with Crippen molar-refractivity contribution < 1.29 is 19.4 Å². The second-order valence-corrected chi connectivity index (χ2v) is 8.29. The van der Waals surface area contributed by atoms with E-state index in [1.807, 2.05) is 31.2 Å². The van der Waals surface area contributed by atoms with E-state index in [-0.39, 0.29) is 18.4 Å². The number of aromatic nitrogens is 1. The number of carboxylic acid groups (broad SMARTS) is 1. The molecule has 160 valence electrons. The second kappa shape index (κ2) is 8.00. The largest absolute Gasteiger partial charge is 0.490 e. The van der Waals surface area contributed by atoms with Crippen LogP contribution in [0, 0.1) is 6.92 Å². The van der Waals surface area contributed by atoms with Crippen LogP contribution in [0.2, 0.25) is 0 Å². The molecule has 4 aromatic rings. The van der Waals surface area contributed by atoms with E-state index in [0.29, 0.717) is 11.1 Å².